The second kappa shape index (κ2) is 6.79. The number of anilines is 1. The molecule has 0 aliphatic rings. The van der Waals surface area contributed by atoms with Crippen LogP contribution in [0.3, 0.4) is 0 Å². The van der Waals surface area contributed by atoms with E-state index in [2.05, 4.69) is 0 Å². The molecular weight excluding hydrogens is 305 g/mol. The van der Waals surface area contributed by atoms with Crippen LogP contribution < -0.4 is 9.04 Å². The smallest absolute Gasteiger partial charge is 0.264 e. The molecule has 0 atom stereocenters. The van der Waals surface area contributed by atoms with Gasteiger partial charge in [0.05, 0.1) is 17.2 Å². The highest BCUT2D eigenvalue weighted by molar-refractivity contribution is 7.92. The molecule has 0 amide bonds. The predicted molar refractivity (Wildman–Crippen MR) is 84.2 cm³/mol. The van der Waals surface area contributed by atoms with E-state index in [-0.39, 0.29) is 17.2 Å². The summed E-state index contributed by atoms with van der Waals surface area (Å²) in [4.78, 5) is -0.0980. The topological polar surface area (TPSA) is 46.6 Å². The minimum Gasteiger partial charge on any atom is -0.491 e. The van der Waals surface area contributed by atoms with E-state index >= 15 is 0 Å². The zero-order chi connectivity index (χ0) is 16.2. The summed E-state index contributed by atoms with van der Waals surface area (Å²) in [5.41, 5.74) is 0.541. The van der Waals surface area contributed by atoms with Crippen LogP contribution in [-0.2, 0) is 10.0 Å². The molecule has 0 saturated carbocycles. The van der Waals surface area contributed by atoms with Gasteiger partial charge in [0, 0.05) is 6.54 Å². The van der Waals surface area contributed by atoms with Gasteiger partial charge in [0.15, 0.2) is 11.6 Å². The van der Waals surface area contributed by atoms with Crippen molar-refractivity contribution in [1.29, 1.82) is 0 Å². The molecule has 4 nitrogen and oxygen atoms in total. The summed E-state index contributed by atoms with van der Waals surface area (Å²) in [6.45, 7) is 4.03. The van der Waals surface area contributed by atoms with E-state index in [4.69, 9.17) is 4.74 Å². The van der Waals surface area contributed by atoms with E-state index in [1.165, 1.54) is 16.4 Å². The van der Waals surface area contributed by atoms with Gasteiger partial charge in [0.1, 0.15) is 0 Å². The number of halogens is 1. The lowest BCUT2D eigenvalue weighted by atomic mass is 10.3. The Hall–Kier alpha value is -2.08. The highest BCUT2D eigenvalue weighted by Gasteiger charge is 2.24. The van der Waals surface area contributed by atoms with Crippen LogP contribution in [0.5, 0.6) is 5.75 Å². The van der Waals surface area contributed by atoms with E-state index in [1.54, 1.807) is 44.2 Å². The van der Waals surface area contributed by atoms with Gasteiger partial charge in [-0.3, -0.25) is 4.31 Å². The molecular formula is C16H18FNO3S. The number of rotatable bonds is 6. The monoisotopic (exact) mass is 323 g/mol. The molecule has 0 aromatic heterocycles. The lowest BCUT2D eigenvalue weighted by Crippen LogP contribution is -2.30. The van der Waals surface area contributed by atoms with Gasteiger partial charge in [-0.15, -0.1) is 0 Å². The number of hydrogen-bond donors (Lipinski definition) is 0. The number of ether oxygens (including phenoxy) is 1. The Morgan fingerprint density at radius 2 is 1.77 bits per heavy atom. The maximum absolute atomic E-state index is 13.9. The van der Waals surface area contributed by atoms with Gasteiger partial charge in [0.2, 0.25) is 0 Å². The Morgan fingerprint density at radius 3 is 2.32 bits per heavy atom. The first kappa shape index (κ1) is 16.3. The number of nitrogens with zero attached hydrogens (tertiary/aromatic N) is 1. The normalized spacial score (nSPS) is 11.2. The van der Waals surface area contributed by atoms with Crippen molar-refractivity contribution in [2.75, 3.05) is 17.5 Å². The van der Waals surface area contributed by atoms with Crippen molar-refractivity contribution < 1.29 is 17.5 Å². The van der Waals surface area contributed by atoms with E-state index in [0.29, 0.717) is 12.3 Å². The summed E-state index contributed by atoms with van der Waals surface area (Å²) in [7, 11) is -3.82. The Balaban J connectivity index is 2.43. The zero-order valence-corrected chi connectivity index (χ0v) is 13.3. The molecule has 0 spiro atoms. The maximum Gasteiger partial charge on any atom is 0.264 e. The number of benzene rings is 2. The van der Waals surface area contributed by atoms with Gasteiger partial charge in [-0.2, -0.15) is 0 Å². The Morgan fingerprint density at radius 1 is 1.09 bits per heavy atom. The van der Waals surface area contributed by atoms with E-state index in [0.717, 1.165) is 6.07 Å². The Bertz CT molecular complexity index is 732. The largest absolute Gasteiger partial charge is 0.491 e. The van der Waals surface area contributed by atoms with Gasteiger partial charge in [-0.05, 0) is 44.2 Å². The number of sulfonamides is 1. The first-order chi connectivity index (χ1) is 10.5. The summed E-state index contributed by atoms with van der Waals surface area (Å²) in [6.07, 6.45) is 0. The molecule has 22 heavy (non-hydrogen) atoms. The molecule has 118 valence electrons. The lowest BCUT2D eigenvalue weighted by molar-refractivity contribution is 0.321. The fraction of sp³-hybridized carbons (Fsp3) is 0.250. The average Bonchev–Trinajstić information content (AvgIpc) is 2.51. The summed E-state index contributed by atoms with van der Waals surface area (Å²) in [5.74, 6) is -0.642. The van der Waals surface area contributed by atoms with E-state index in [9.17, 15) is 12.8 Å². The fourth-order valence-corrected chi connectivity index (χ4v) is 3.61. The molecule has 0 unspecified atom stereocenters. The third kappa shape index (κ3) is 3.22. The molecule has 0 fully saturated rings. The van der Waals surface area contributed by atoms with E-state index < -0.39 is 15.8 Å². The molecule has 2 rings (SSSR count). The Labute approximate surface area is 130 Å². The molecule has 2 aromatic rings. The van der Waals surface area contributed by atoms with Crippen molar-refractivity contribution in [3.8, 4) is 5.75 Å². The van der Waals surface area contributed by atoms with Gasteiger partial charge in [-0.25, -0.2) is 12.8 Å². The average molecular weight is 323 g/mol. The summed E-state index contributed by atoms with van der Waals surface area (Å²) >= 11 is 0. The van der Waals surface area contributed by atoms with Crippen molar-refractivity contribution in [1.82, 2.24) is 0 Å². The first-order valence-corrected chi connectivity index (χ1v) is 8.44. The quantitative estimate of drug-likeness (QED) is 0.818. The van der Waals surface area contributed by atoms with Gasteiger partial charge in [0.25, 0.3) is 10.0 Å². The van der Waals surface area contributed by atoms with Crippen LogP contribution in [-0.4, -0.2) is 21.6 Å². The maximum atomic E-state index is 13.9. The minimum absolute atomic E-state index is 0.0456. The highest BCUT2D eigenvalue weighted by Crippen LogP contribution is 2.26. The van der Waals surface area contributed by atoms with Crippen LogP contribution in [0, 0.1) is 5.82 Å². The first-order valence-electron chi connectivity index (χ1n) is 7.00. The van der Waals surface area contributed by atoms with Crippen molar-refractivity contribution in [2.24, 2.45) is 0 Å². The van der Waals surface area contributed by atoms with Crippen molar-refractivity contribution in [3.63, 3.8) is 0 Å². The SMILES string of the molecule is CCOc1ccc(S(=O)(=O)N(CC)c2ccccc2)cc1F. The van der Waals surface area contributed by atoms with Crippen LogP contribution in [0.4, 0.5) is 10.1 Å². The van der Waals surface area contributed by atoms with Crippen LogP contribution in [0.15, 0.2) is 53.4 Å². The molecule has 2 aromatic carbocycles. The zero-order valence-electron chi connectivity index (χ0n) is 12.5. The van der Waals surface area contributed by atoms with Crippen LogP contribution in [0.25, 0.3) is 0 Å². The van der Waals surface area contributed by atoms with Crippen molar-refractivity contribution in [2.45, 2.75) is 18.7 Å². The number of hydrogen-bond acceptors (Lipinski definition) is 3. The minimum atomic E-state index is -3.82. The third-order valence-corrected chi connectivity index (χ3v) is 5.02. The summed E-state index contributed by atoms with van der Waals surface area (Å²) in [6, 6.07) is 12.4. The third-order valence-electron chi connectivity index (χ3n) is 3.12. The van der Waals surface area contributed by atoms with Gasteiger partial charge >= 0.3 is 0 Å². The highest BCUT2D eigenvalue weighted by atomic mass is 32.2. The second-order valence-corrected chi connectivity index (χ2v) is 6.39. The van der Waals surface area contributed by atoms with Gasteiger partial charge in [-0.1, -0.05) is 18.2 Å². The molecule has 0 bridgehead atoms. The van der Waals surface area contributed by atoms with Gasteiger partial charge < -0.3 is 4.74 Å². The lowest BCUT2D eigenvalue weighted by Gasteiger charge is -2.23. The molecule has 0 radical (unpaired) electrons. The molecule has 0 aliphatic carbocycles. The standard InChI is InChI=1S/C16H18FNO3S/c1-3-18(13-8-6-5-7-9-13)22(19,20)14-10-11-16(21-4-2)15(17)12-14/h5-12H,3-4H2,1-2H3. The molecule has 6 heteroatoms. The van der Waals surface area contributed by atoms with Crippen molar-refractivity contribution in [3.05, 3.63) is 54.3 Å². The number of para-hydroxylation sites is 1. The molecule has 0 saturated heterocycles. The van der Waals surface area contributed by atoms with Crippen molar-refractivity contribution >= 4 is 15.7 Å². The fourth-order valence-electron chi connectivity index (χ4n) is 2.13. The Kier molecular flexibility index (Phi) is 5.03. The van der Waals surface area contributed by atoms with Crippen LogP contribution in [0.1, 0.15) is 13.8 Å². The molecule has 0 N–H and O–H groups in total. The summed E-state index contributed by atoms with van der Waals surface area (Å²) in [5, 5.41) is 0. The molecule has 0 aliphatic heterocycles. The molecule has 0 heterocycles. The van der Waals surface area contributed by atoms with Crippen LogP contribution >= 0.6 is 0 Å². The van der Waals surface area contributed by atoms with E-state index in [1.807, 2.05) is 0 Å². The second-order valence-electron chi connectivity index (χ2n) is 4.53. The van der Waals surface area contributed by atoms with Crippen LogP contribution in [0.2, 0.25) is 0 Å². The summed E-state index contributed by atoms with van der Waals surface area (Å²) < 4.78 is 45.7. The predicted octanol–water partition coefficient (Wildman–Crippen LogP) is 3.44.